The molecule has 5 nitrogen and oxygen atoms in total. The highest BCUT2D eigenvalue weighted by Gasteiger charge is 2.42. The summed E-state index contributed by atoms with van der Waals surface area (Å²) >= 11 is 0. The number of aromatic nitrogens is 1. The number of pyridine rings is 1. The van der Waals surface area contributed by atoms with E-state index in [0.29, 0.717) is 12.5 Å². The fraction of sp³-hybridized carbons (Fsp3) is 0.545. The summed E-state index contributed by atoms with van der Waals surface area (Å²) in [5.74, 6) is 1.15. The summed E-state index contributed by atoms with van der Waals surface area (Å²) < 4.78 is 11.9. The van der Waals surface area contributed by atoms with E-state index < -0.39 is 5.60 Å². The molecule has 0 radical (unpaired) electrons. The van der Waals surface area contributed by atoms with Crippen LogP contribution in [0.15, 0.2) is 30.5 Å². The van der Waals surface area contributed by atoms with Crippen molar-refractivity contribution >= 4 is 22.5 Å². The zero-order chi connectivity index (χ0) is 19.4. The van der Waals surface area contributed by atoms with Crippen LogP contribution in [0, 0.1) is 5.92 Å². The maximum absolute atomic E-state index is 13.2. The molecule has 1 heterocycles. The summed E-state index contributed by atoms with van der Waals surface area (Å²) in [6.07, 6.45) is 5.49. The summed E-state index contributed by atoms with van der Waals surface area (Å²) in [6.45, 7) is 8.65. The van der Waals surface area contributed by atoms with Crippen molar-refractivity contribution in [2.24, 2.45) is 5.92 Å². The molecule has 1 aromatic carbocycles. The molecule has 1 aromatic heterocycles. The van der Waals surface area contributed by atoms with Crippen LogP contribution in [0.25, 0.3) is 10.9 Å². The van der Waals surface area contributed by atoms with Gasteiger partial charge in [-0.25, -0.2) is 0 Å². The van der Waals surface area contributed by atoms with Gasteiger partial charge in [0.05, 0.1) is 11.8 Å². The summed E-state index contributed by atoms with van der Waals surface area (Å²) in [5.41, 5.74) is 0.761. The molecule has 1 aliphatic rings. The van der Waals surface area contributed by atoms with Crippen molar-refractivity contribution < 1.29 is 14.3 Å². The van der Waals surface area contributed by atoms with Crippen LogP contribution < -0.4 is 10.1 Å². The van der Waals surface area contributed by atoms with Crippen LogP contribution in [0.2, 0.25) is 0 Å². The Hall–Kier alpha value is -2.14. The van der Waals surface area contributed by atoms with Gasteiger partial charge in [0, 0.05) is 18.2 Å². The first-order valence-corrected chi connectivity index (χ1v) is 9.95. The SMILES string of the molecule is CCOC1(C(=O)Nc2ccc(OC(C)C)c3ncccc23)CCCC(C)C1. The van der Waals surface area contributed by atoms with Gasteiger partial charge in [-0.2, -0.15) is 0 Å². The van der Waals surface area contributed by atoms with Crippen molar-refractivity contribution in [1.82, 2.24) is 4.98 Å². The number of benzene rings is 1. The Morgan fingerprint density at radius 1 is 1.37 bits per heavy atom. The monoisotopic (exact) mass is 370 g/mol. The molecule has 3 rings (SSSR count). The van der Waals surface area contributed by atoms with E-state index in [2.05, 4.69) is 17.2 Å². The lowest BCUT2D eigenvalue weighted by Crippen LogP contribution is -2.48. The number of carbonyl (C=O) groups excluding carboxylic acids is 1. The van der Waals surface area contributed by atoms with E-state index in [1.807, 2.05) is 45.0 Å². The largest absolute Gasteiger partial charge is 0.489 e. The summed E-state index contributed by atoms with van der Waals surface area (Å²) in [7, 11) is 0. The molecule has 0 aliphatic heterocycles. The van der Waals surface area contributed by atoms with Gasteiger partial charge in [0.2, 0.25) is 0 Å². The van der Waals surface area contributed by atoms with Crippen LogP contribution in [0.5, 0.6) is 5.75 Å². The molecule has 0 saturated heterocycles. The Morgan fingerprint density at radius 2 is 2.19 bits per heavy atom. The van der Waals surface area contributed by atoms with Gasteiger partial charge in [-0.1, -0.05) is 13.3 Å². The Balaban J connectivity index is 1.92. The summed E-state index contributed by atoms with van der Waals surface area (Å²) in [4.78, 5) is 17.7. The fourth-order valence-corrected chi connectivity index (χ4v) is 4.02. The number of hydrogen-bond acceptors (Lipinski definition) is 4. The third-order valence-electron chi connectivity index (χ3n) is 5.13. The Labute approximate surface area is 161 Å². The van der Waals surface area contributed by atoms with E-state index in [0.717, 1.165) is 48.0 Å². The first-order valence-electron chi connectivity index (χ1n) is 9.95. The molecule has 27 heavy (non-hydrogen) atoms. The van der Waals surface area contributed by atoms with Crippen LogP contribution in [-0.4, -0.2) is 29.2 Å². The van der Waals surface area contributed by atoms with Crippen molar-refractivity contribution in [3.63, 3.8) is 0 Å². The topological polar surface area (TPSA) is 60.5 Å². The standard InChI is InChI=1S/C22H30N2O3/c1-5-26-22(12-6-8-16(4)14-22)21(25)24-18-10-11-19(27-15(2)3)20-17(18)9-7-13-23-20/h7,9-11,13,15-16H,5-6,8,12,14H2,1-4H3,(H,24,25). The van der Waals surface area contributed by atoms with E-state index in [4.69, 9.17) is 9.47 Å². The number of anilines is 1. The third-order valence-corrected chi connectivity index (χ3v) is 5.13. The Kier molecular flexibility index (Phi) is 6.00. The molecule has 1 N–H and O–H groups in total. The van der Waals surface area contributed by atoms with Crippen molar-refractivity contribution in [2.75, 3.05) is 11.9 Å². The molecule has 2 aromatic rings. The maximum atomic E-state index is 13.2. The minimum absolute atomic E-state index is 0.0561. The predicted molar refractivity (Wildman–Crippen MR) is 108 cm³/mol. The van der Waals surface area contributed by atoms with E-state index >= 15 is 0 Å². The minimum Gasteiger partial charge on any atom is -0.489 e. The molecule has 2 atom stereocenters. The van der Waals surface area contributed by atoms with Gasteiger partial charge in [0.1, 0.15) is 16.9 Å². The lowest BCUT2D eigenvalue weighted by Gasteiger charge is -2.38. The molecule has 146 valence electrons. The number of rotatable bonds is 6. The molecule has 1 amide bonds. The van der Waals surface area contributed by atoms with Crippen LogP contribution in [-0.2, 0) is 9.53 Å². The van der Waals surface area contributed by atoms with Gasteiger partial charge in [-0.15, -0.1) is 0 Å². The van der Waals surface area contributed by atoms with Crippen LogP contribution in [0.1, 0.15) is 53.4 Å². The summed E-state index contributed by atoms with van der Waals surface area (Å²) in [6, 6.07) is 7.60. The molecule has 0 bridgehead atoms. The number of nitrogens with zero attached hydrogens (tertiary/aromatic N) is 1. The van der Waals surface area contributed by atoms with Crippen molar-refractivity contribution in [3.8, 4) is 5.75 Å². The Morgan fingerprint density at radius 3 is 2.89 bits per heavy atom. The van der Waals surface area contributed by atoms with E-state index in [-0.39, 0.29) is 12.0 Å². The second-order valence-corrected chi connectivity index (χ2v) is 7.76. The first kappa shape index (κ1) is 19.6. The first-order chi connectivity index (χ1) is 12.9. The van der Waals surface area contributed by atoms with Gasteiger partial charge < -0.3 is 14.8 Å². The lowest BCUT2D eigenvalue weighted by molar-refractivity contribution is -0.147. The molecule has 1 aliphatic carbocycles. The third kappa shape index (κ3) is 4.24. The van der Waals surface area contributed by atoms with Gasteiger partial charge in [0.15, 0.2) is 0 Å². The van der Waals surface area contributed by atoms with E-state index in [1.165, 1.54) is 0 Å². The number of ether oxygens (including phenoxy) is 2. The molecule has 5 heteroatoms. The number of carbonyl (C=O) groups is 1. The number of nitrogens with one attached hydrogen (secondary N) is 1. The molecular formula is C22H30N2O3. The van der Waals surface area contributed by atoms with Crippen LogP contribution in [0.3, 0.4) is 0 Å². The maximum Gasteiger partial charge on any atom is 0.256 e. The number of amides is 1. The summed E-state index contributed by atoms with van der Waals surface area (Å²) in [5, 5.41) is 4.00. The quantitative estimate of drug-likeness (QED) is 0.782. The van der Waals surface area contributed by atoms with Gasteiger partial charge in [0.25, 0.3) is 5.91 Å². The molecule has 2 unspecified atom stereocenters. The number of fused-ring (bicyclic) bond motifs is 1. The highest BCUT2D eigenvalue weighted by molar-refractivity contribution is 6.05. The second-order valence-electron chi connectivity index (χ2n) is 7.76. The van der Waals surface area contributed by atoms with Crippen molar-refractivity contribution in [3.05, 3.63) is 30.5 Å². The van der Waals surface area contributed by atoms with Crippen LogP contribution >= 0.6 is 0 Å². The lowest BCUT2D eigenvalue weighted by atomic mass is 9.78. The molecular weight excluding hydrogens is 340 g/mol. The van der Waals surface area contributed by atoms with E-state index in [1.54, 1.807) is 6.20 Å². The predicted octanol–water partition coefficient (Wildman–Crippen LogP) is 4.95. The number of hydrogen-bond donors (Lipinski definition) is 1. The fourth-order valence-electron chi connectivity index (χ4n) is 4.02. The smallest absolute Gasteiger partial charge is 0.256 e. The van der Waals surface area contributed by atoms with Gasteiger partial charge >= 0.3 is 0 Å². The molecule has 0 spiro atoms. The minimum atomic E-state index is -0.742. The highest BCUT2D eigenvalue weighted by Crippen LogP contribution is 2.37. The zero-order valence-corrected chi connectivity index (χ0v) is 16.7. The normalized spacial score (nSPS) is 22.8. The average Bonchev–Trinajstić information content (AvgIpc) is 2.63. The molecule has 1 saturated carbocycles. The van der Waals surface area contributed by atoms with Gasteiger partial charge in [-0.3, -0.25) is 9.78 Å². The van der Waals surface area contributed by atoms with Crippen molar-refractivity contribution in [1.29, 1.82) is 0 Å². The van der Waals surface area contributed by atoms with Crippen molar-refractivity contribution in [2.45, 2.75) is 65.1 Å². The Bertz CT molecular complexity index is 801. The van der Waals surface area contributed by atoms with E-state index in [9.17, 15) is 4.79 Å². The highest BCUT2D eigenvalue weighted by atomic mass is 16.5. The van der Waals surface area contributed by atoms with Gasteiger partial charge in [-0.05, 0) is 70.2 Å². The van der Waals surface area contributed by atoms with Crippen LogP contribution in [0.4, 0.5) is 5.69 Å². The zero-order valence-electron chi connectivity index (χ0n) is 16.7. The average molecular weight is 370 g/mol. The second kappa shape index (κ2) is 8.26. The molecule has 1 fully saturated rings.